The minimum Gasteiger partial charge on any atom is -0.316 e. The molecule has 1 aliphatic heterocycles. The maximum Gasteiger partial charge on any atom is 0.0574 e. The molecule has 0 radical (unpaired) electrons. The second-order valence-electron chi connectivity index (χ2n) is 3.33. The molecule has 0 amide bonds. The number of nitrogens with one attached hydrogen (secondary N) is 1. The van der Waals surface area contributed by atoms with Crippen molar-refractivity contribution < 1.29 is 0 Å². The van der Waals surface area contributed by atoms with Crippen LogP contribution in [0, 0.1) is 3.57 Å². The van der Waals surface area contributed by atoms with Crippen molar-refractivity contribution >= 4 is 34.2 Å². The molecule has 1 aromatic carbocycles. The monoisotopic (exact) mass is 307 g/mol. The maximum atomic E-state index is 6.24. The summed E-state index contributed by atoms with van der Waals surface area (Å²) in [5.74, 6) is 0.613. The van der Waals surface area contributed by atoms with Crippen LogP contribution in [0.4, 0.5) is 0 Å². The van der Waals surface area contributed by atoms with Gasteiger partial charge in [-0.15, -0.1) is 0 Å². The molecule has 0 saturated carbocycles. The van der Waals surface area contributed by atoms with Gasteiger partial charge in [0.15, 0.2) is 0 Å². The molecular formula is C10H11ClIN. The molecular weight excluding hydrogens is 296 g/mol. The Morgan fingerprint density at radius 2 is 2.31 bits per heavy atom. The summed E-state index contributed by atoms with van der Waals surface area (Å²) in [6.07, 6.45) is 1.21. The van der Waals surface area contributed by atoms with Crippen LogP contribution in [0.2, 0.25) is 5.02 Å². The number of benzene rings is 1. The number of rotatable bonds is 1. The highest BCUT2D eigenvalue weighted by molar-refractivity contribution is 14.1. The molecule has 1 heterocycles. The minimum atomic E-state index is 0.613. The van der Waals surface area contributed by atoms with E-state index in [4.69, 9.17) is 11.6 Å². The summed E-state index contributed by atoms with van der Waals surface area (Å²) in [5, 5.41) is 4.30. The van der Waals surface area contributed by atoms with Crippen LogP contribution in [0.5, 0.6) is 0 Å². The summed E-state index contributed by atoms with van der Waals surface area (Å²) >= 11 is 8.52. The van der Waals surface area contributed by atoms with Gasteiger partial charge in [0.25, 0.3) is 0 Å². The fourth-order valence-corrected chi connectivity index (χ4v) is 2.56. The zero-order valence-corrected chi connectivity index (χ0v) is 10.1. The van der Waals surface area contributed by atoms with Gasteiger partial charge in [0, 0.05) is 10.1 Å². The van der Waals surface area contributed by atoms with Crippen LogP contribution < -0.4 is 5.32 Å². The molecule has 0 spiro atoms. The molecule has 3 heteroatoms. The van der Waals surface area contributed by atoms with Gasteiger partial charge in [-0.3, -0.25) is 0 Å². The minimum absolute atomic E-state index is 0.613. The van der Waals surface area contributed by atoms with Crippen LogP contribution in [-0.4, -0.2) is 13.1 Å². The molecule has 0 bridgehead atoms. The van der Waals surface area contributed by atoms with Gasteiger partial charge in [-0.1, -0.05) is 23.7 Å². The highest BCUT2D eigenvalue weighted by atomic mass is 127. The van der Waals surface area contributed by atoms with E-state index in [0.29, 0.717) is 5.92 Å². The first-order valence-corrected chi connectivity index (χ1v) is 5.89. The van der Waals surface area contributed by atoms with E-state index >= 15 is 0 Å². The first-order chi connectivity index (χ1) is 6.29. The molecule has 0 aliphatic carbocycles. The summed E-state index contributed by atoms with van der Waals surface area (Å²) in [7, 11) is 0. The van der Waals surface area contributed by atoms with Crippen molar-refractivity contribution in [1.29, 1.82) is 0 Å². The second-order valence-corrected chi connectivity index (χ2v) is 4.87. The molecule has 1 aliphatic rings. The summed E-state index contributed by atoms with van der Waals surface area (Å²) in [4.78, 5) is 0. The van der Waals surface area contributed by atoms with Crippen LogP contribution >= 0.6 is 34.2 Å². The summed E-state index contributed by atoms with van der Waals surface area (Å²) in [5.41, 5.74) is 1.30. The van der Waals surface area contributed by atoms with Crippen LogP contribution in [0.15, 0.2) is 18.2 Å². The van der Waals surface area contributed by atoms with Crippen molar-refractivity contribution in [2.75, 3.05) is 13.1 Å². The van der Waals surface area contributed by atoms with E-state index in [-0.39, 0.29) is 0 Å². The third-order valence-corrected chi connectivity index (χ3v) is 4.12. The molecule has 13 heavy (non-hydrogen) atoms. The van der Waals surface area contributed by atoms with Crippen molar-refractivity contribution in [1.82, 2.24) is 5.32 Å². The molecule has 1 fully saturated rings. The number of halogens is 2. The predicted molar refractivity (Wildman–Crippen MR) is 64.4 cm³/mol. The average molecular weight is 308 g/mol. The van der Waals surface area contributed by atoms with E-state index in [0.717, 1.165) is 21.7 Å². The Hall–Kier alpha value is 0.200. The molecule has 0 aromatic heterocycles. The second kappa shape index (κ2) is 4.15. The Balaban J connectivity index is 2.33. The smallest absolute Gasteiger partial charge is 0.0574 e. The first kappa shape index (κ1) is 9.74. The van der Waals surface area contributed by atoms with Crippen molar-refractivity contribution in [2.45, 2.75) is 12.3 Å². The predicted octanol–water partition coefficient (Wildman–Crippen LogP) is 3.02. The fourth-order valence-electron chi connectivity index (χ4n) is 1.76. The molecule has 1 atom stereocenters. The fraction of sp³-hybridized carbons (Fsp3) is 0.400. The van der Waals surface area contributed by atoms with Gasteiger partial charge in [-0.2, -0.15) is 0 Å². The van der Waals surface area contributed by atoms with Crippen LogP contribution in [-0.2, 0) is 0 Å². The Morgan fingerprint density at radius 1 is 1.46 bits per heavy atom. The maximum absolute atomic E-state index is 6.24. The van der Waals surface area contributed by atoms with Crippen LogP contribution in [0.3, 0.4) is 0 Å². The lowest BCUT2D eigenvalue weighted by Gasteiger charge is -2.11. The molecule has 1 saturated heterocycles. The van der Waals surface area contributed by atoms with Gasteiger partial charge < -0.3 is 5.32 Å². The molecule has 70 valence electrons. The van der Waals surface area contributed by atoms with Gasteiger partial charge in [0.2, 0.25) is 0 Å². The van der Waals surface area contributed by atoms with Crippen molar-refractivity contribution in [3.8, 4) is 0 Å². The van der Waals surface area contributed by atoms with Gasteiger partial charge in [0.05, 0.1) is 5.02 Å². The highest BCUT2D eigenvalue weighted by Crippen LogP contribution is 2.31. The summed E-state index contributed by atoms with van der Waals surface area (Å²) < 4.78 is 1.16. The van der Waals surface area contributed by atoms with Gasteiger partial charge in [-0.05, 0) is 53.1 Å². The van der Waals surface area contributed by atoms with E-state index in [1.807, 2.05) is 0 Å². The van der Waals surface area contributed by atoms with E-state index in [1.54, 1.807) is 0 Å². The molecule has 1 aromatic rings. The topological polar surface area (TPSA) is 12.0 Å². The van der Waals surface area contributed by atoms with Crippen molar-refractivity contribution in [3.63, 3.8) is 0 Å². The Morgan fingerprint density at radius 3 is 3.00 bits per heavy atom. The lowest BCUT2D eigenvalue weighted by atomic mass is 9.99. The Bertz CT molecular complexity index is 308. The summed E-state index contributed by atoms with van der Waals surface area (Å²) in [6, 6.07) is 6.28. The highest BCUT2D eigenvalue weighted by Gasteiger charge is 2.19. The number of hydrogen-bond donors (Lipinski definition) is 1. The third-order valence-electron chi connectivity index (χ3n) is 2.48. The Kier molecular flexibility index (Phi) is 3.11. The van der Waals surface area contributed by atoms with E-state index < -0.39 is 0 Å². The van der Waals surface area contributed by atoms with E-state index in [1.165, 1.54) is 12.0 Å². The number of hydrogen-bond acceptors (Lipinski definition) is 1. The van der Waals surface area contributed by atoms with Crippen LogP contribution in [0.1, 0.15) is 17.9 Å². The average Bonchev–Trinajstić information content (AvgIpc) is 2.62. The third kappa shape index (κ3) is 2.00. The summed E-state index contributed by atoms with van der Waals surface area (Å²) in [6.45, 7) is 2.19. The van der Waals surface area contributed by atoms with Crippen molar-refractivity contribution in [2.24, 2.45) is 0 Å². The zero-order valence-electron chi connectivity index (χ0n) is 7.19. The molecule has 1 nitrogen and oxygen atoms in total. The normalized spacial score (nSPS) is 22.2. The quantitative estimate of drug-likeness (QED) is 0.787. The van der Waals surface area contributed by atoms with E-state index in [9.17, 15) is 0 Å². The lowest BCUT2D eigenvalue weighted by Crippen LogP contribution is -2.08. The molecule has 1 N–H and O–H groups in total. The van der Waals surface area contributed by atoms with Gasteiger partial charge in [0.1, 0.15) is 0 Å². The lowest BCUT2D eigenvalue weighted by molar-refractivity contribution is 0.763. The zero-order chi connectivity index (χ0) is 9.26. The molecule has 2 rings (SSSR count). The van der Waals surface area contributed by atoms with Gasteiger partial charge >= 0.3 is 0 Å². The van der Waals surface area contributed by atoms with E-state index in [2.05, 4.69) is 46.1 Å². The standard InChI is InChI=1S/C10H11ClIN/c11-10-8(2-1-3-9(10)12)7-4-5-13-6-7/h1-3,7,13H,4-6H2. The van der Waals surface area contributed by atoms with Crippen LogP contribution in [0.25, 0.3) is 0 Å². The first-order valence-electron chi connectivity index (χ1n) is 4.43. The molecule has 1 unspecified atom stereocenters. The van der Waals surface area contributed by atoms with Crippen molar-refractivity contribution in [3.05, 3.63) is 32.4 Å². The Labute approximate surface area is 97.0 Å². The largest absolute Gasteiger partial charge is 0.316 e. The SMILES string of the molecule is Clc1c(I)cccc1C1CCNC1. The van der Waals surface area contributed by atoms with Gasteiger partial charge in [-0.25, -0.2) is 0 Å².